The van der Waals surface area contributed by atoms with Crippen LogP contribution in [0.4, 0.5) is 13.2 Å². The number of pyridine rings is 1. The number of hydrogen-bond acceptors (Lipinski definition) is 4. The second-order valence-corrected chi connectivity index (χ2v) is 7.08. The molecule has 1 aromatic carbocycles. The summed E-state index contributed by atoms with van der Waals surface area (Å²) in [5.41, 5.74) is 4.05. The number of benzene rings is 1. The van der Waals surface area contributed by atoms with Crippen molar-refractivity contribution in [1.82, 2.24) is 14.8 Å². The van der Waals surface area contributed by atoms with Crippen molar-refractivity contribution in [1.29, 1.82) is 0 Å². The summed E-state index contributed by atoms with van der Waals surface area (Å²) < 4.78 is 52.2. The maximum Gasteiger partial charge on any atom is 0.419 e. The van der Waals surface area contributed by atoms with E-state index >= 15 is 0 Å². The monoisotopic (exact) mass is 403 g/mol. The van der Waals surface area contributed by atoms with Gasteiger partial charge < -0.3 is 9.47 Å². The summed E-state index contributed by atoms with van der Waals surface area (Å²) in [6.07, 6.45) is -2.18. The van der Waals surface area contributed by atoms with E-state index in [0.29, 0.717) is 18.7 Å². The summed E-state index contributed by atoms with van der Waals surface area (Å²) in [4.78, 5) is 4.22. The molecule has 1 aliphatic heterocycles. The maximum absolute atomic E-state index is 13.2. The number of methoxy groups -OCH3 is 1. The van der Waals surface area contributed by atoms with Gasteiger partial charge in [0.05, 0.1) is 42.5 Å². The summed E-state index contributed by atoms with van der Waals surface area (Å²) in [6.45, 7) is 4.25. The number of ether oxygens (including phenoxy) is 2. The Morgan fingerprint density at radius 1 is 1.21 bits per heavy atom. The number of halogens is 3. The summed E-state index contributed by atoms with van der Waals surface area (Å²) in [5, 5.41) is 4.75. The van der Waals surface area contributed by atoms with E-state index < -0.39 is 11.7 Å². The van der Waals surface area contributed by atoms with Gasteiger partial charge in [-0.2, -0.15) is 18.3 Å². The van der Waals surface area contributed by atoms with Crippen LogP contribution in [0.1, 0.15) is 29.4 Å². The van der Waals surface area contributed by atoms with E-state index in [-0.39, 0.29) is 11.9 Å². The summed E-state index contributed by atoms with van der Waals surface area (Å²) in [5.74, 6) is -0.235. The highest BCUT2D eigenvalue weighted by molar-refractivity contribution is 5.65. The van der Waals surface area contributed by atoms with Crippen LogP contribution in [0, 0.1) is 6.92 Å². The average Bonchev–Trinajstić information content (AvgIpc) is 3.05. The van der Waals surface area contributed by atoms with E-state index in [2.05, 4.69) is 4.98 Å². The van der Waals surface area contributed by atoms with Gasteiger partial charge in [0, 0.05) is 35.5 Å². The van der Waals surface area contributed by atoms with Gasteiger partial charge in [-0.15, -0.1) is 0 Å². The fraction of sp³-hybridized carbons (Fsp3) is 0.333. The lowest BCUT2D eigenvalue weighted by Crippen LogP contribution is -2.21. The van der Waals surface area contributed by atoms with E-state index in [0.717, 1.165) is 34.3 Å². The van der Waals surface area contributed by atoms with Crippen molar-refractivity contribution < 1.29 is 22.6 Å². The zero-order valence-electron chi connectivity index (χ0n) is 16.2. The van der Waals surface area contributed by atoms with E-state index in [1.54, 1.807) is 10.9 Å². The molecule has 1 atom stereocenters. The van der Waals surface area contributed by atoms with Crippen LogP contribution in [-0.4, -0.2) is 28.0 Å². The van der Waals surface area contributed by atoms with Crippen LogP contribution in [0.15, 0.2) is 36.5 Å². The number of nitrogens with zero attached hydrogens (tertiary/aromatic N) is 3. The fourth-order valence-corrected chi connectivity index (χ4v) is 3.59. The molecular weight excluding hydrogens is 383 g/mol. The number of hydrogen-bond donors (Lipinski definition) is 0. The third-order valence-electron chi connectivity index (χ3n) is 4.99. The smallest absolute Gasteiger partial charge is 0.419 e. The van der Waals surface area contributed by atoms with Crippen LogP contribution in [0.5, 0.6) is 5.75 Å². The molecule has 0 N–H and O–H groups in total. The van der Waals surface area contributed by atoms with Crippen molar-refractivity contribution in [3.05, 3.63) is 59.0 Å². The molecule has 4 rings (SSSR count). The molecule has 1 unspecified atom stereocenters. The molecule has 0 aliphatic carbocycles. The molecule has 2 aromatic heterocycles. The molecule has 152 valence electrons. The van der Waals surface area contributed by atoms with Gasteiger partial charge in [0.15, 0.2) is 0 Å². The minimum absolute atomic E-state index is 0.0127. The highest BCUT2D eigenvalue weighted by atomic mass is 19.4. The summed E-state index contributed by atoms with van der Waals surface area (Å²) in [6, 6.07) is 7.61. The van der Waals surface area contributed by atoms with Gasteiger partial charge in [-0.3, -0.25) is 4.98 Å². The zero-order chi connectivity index (χ0) is 20.8. The highest BCUT2D eigenvalue weighted by Crippen LogP contribution is 2.38. The van der Waals surface area contributed by atoms with Gasteiger partial charge in [-0.1, -0.05) is 0 Å². The molecular formula is C21H20F3N3O2. The first-order valence-corrected chi connectivity index (χ1v) is 9.19. The third-order valence-corrected chi connectivity index (χ3v) is 4.99. The molecule has 3 heterocycles. The maximum atomic E-state index is 13.2. The first-order chi connectivity index (χ1) is 13.8. The predicted octanol–water partition coefficient (Wildman–Crippen LogP) is 4.73. The first kappa shape index (κ1) is 19.4. The van der Waals surface area contributed by atoms with Gasteiger partial charge >= 0.3 is 6.18 Å². The van der Waals surface area contributed by atoms with Gasteiger partial charge in [0.25, 0.3) is 0 Å². The lowest BCUT2D eigenvalue weighted by Gasteiger charge is -2.21. The predicted molar refractivity (Wildman–Crippen MR) is 101 cm³/mol. The topological polar surface area (TPSA) is 49.2 Å². The van der Waals surface area contributed by atoms with Crippen LogP contribution in [0.3, 0.4) is 0 Å². The van der Waals surface area contributed by atoms with Gasteiger partial charge in [0.1, 0.15) is 5.75 Å². The Labute approximate surface area is 166 Å². The zero-order valence-corrected chi connectivity index (χ0v) is 16.2. The normalized spacial score (nSPS) is 16.6. The second kappa shape index (κ2) is 7.18. The molecule has 0 fully saturated rings. The Kier molecular flexibility index (Phi) is 4.82. The van der Waals surface area contributed by atoms with Gasteiger partial charge in [-0.25, -0.2) is 4.68 Å². The average molecular weight is 403 g/mol. The van der Waals surface area contributed by atoms with E-state index in [1.807, 2.05) is 26.0 Å². The quantitative estimate of drug-likeness (QED) is 0.634. The molecule has 29 heavy (non-hydrogen) atoms. The molecule has 1 aliphatic rings. The number of rotatable bonds is 3. The van der Waals surface area contributed by atoms with E-state index in [9.17, 15) is 13.2 Å². The van der Waals surface area contributed by atoms with E-state index in [1.165, 1.54) is 19.2 Å². The summed E-state index contributed by atoms with van der Waals surface area (Å²) in [7, 11) is 1.23. The molecule has 0 spiro atoms. The van der Waals surface area contributed by atoms with Crippen molar-refractivity contribution in [3.8, 4) is 22.7 Å². The van der Waals surface area contributed by atoms with Crippen LogP contribution in [0.25, 0.3) is 16.9 Å². The minimum atomic E-state index is -4.49. The molecule has 3 aromatic rings. The van der Waals surface area contributed by atoms with Crippen molar-refractivity contribution in [2.24, 2.45) is 0 Å². The Hall–Kier alpha value is -2.87. The van der Waals surface area contributed by atoms with Crippen molar-refractivity contribution in [2.45, 2.75) is 39.2 Å². The van der Waals surface area contributed by atoms with E-state index in [4.69, 9.17) is 14.6 Å². The Bertz CT molecular complexity index is 1060. The Morgan fingerprint density at radius 3 is 2.69 bits per heavy atom. The van der Waals surface area contributed by atoms with Crippen molar-refractivity contribution in [3.63, 3.8) is 0 Å². The van der Waals surface area contributed by atoms with Crippen molar-refractivity contribution >= 4 is 0 Å². The third kappa shape index (κ3) is 3.60. The number of aromatic nitrogens is 3. The molecule has 0 radical (unpaired) electrons. The lowest BCUT2D eigenvalue weighted by atomic mass is 10.0. The molecule has 5 nitrogen and oxygen atoms in total. The van der Waals surface area contributed by atoms with Gasteiger partial charge in [-0.05, 0) is 38.1 Å². The fourth-order valence-electron chi connectivity index (χ4n) is 3.59. The van der Waals surface area contributed by atoms with Gasteiger partial charge in [0.2, 0.25) is 0 Å². The SMILES string of the molecule is COc1cc(-n2nc(-c3ccnc(C)c3)c3c2CC(C)OC3)ccc1C(F)(F)F. The lowest BCUT2D eigenvalue weighted by molar-refractivity contribution is -0.138. The van der Waals surface area contributed by atoms with Crippen molar-refractivity contribution in [2.75, 3.05) is 7.11 Å². The van der Waals surface area contributed by atoms with Crippen LogP contribution < -0.4 is 4.74 Å². The largest absolute Gasteiger partial charge is 0.496 e. The Morgan fingerprint density at radius 2 is 2.00 bits per heavy atom. The molecule has 0 saturated carbocycles. The summed E-state index contributed by atoms with van der Waals surface area (Å²) >= 11 is 0. The highest BCUT2D eigenvalue weighted by Gasteiger charge is 2.35. The minimum Gasteiger partial charge on any atom is -0.496 e. The molecule has 8 heteroatoms. The molecule has 0 saturated heterocycles. The standard InChI is InChI=1S/C21H20F3N3O2/c1-12-8-14(6-7-25-12)20-16-11-29-13(2)9-18(16)27(26-20)15-4-5-17(21(22,23)24)19(10-15)28-3/h4-8,10,13H,9,11H2,1-3H3. The number of alkyl halides is 3. The van der Waals surface area contributed by atoms with Crippen LogP contribution in [0.2, 0.25) is 0 Å². The van der Waals surface area contributed by atoms with Crippen LogP contribution >= 0.6 is 0 Å². The Balaban J connectivity index is 1.88. The number of fused-ring (bicyclic) bond motifs is 1. The van der Waals surface area contributed by atoms with Crippen LogP contribution in [-0.2, 0) is 23.9 Å². The molecule has 0 amide bonds. The number of aryl methyl sites for hydroxylation is 1. The first-order valence-electron chi connectivity index (χ1n) is 9.19. The molecule has 0 bridgehead atoms. The second-order valence-electron chi connectivity index (χ2n) is 7.08.